The lowest BCUT2D eigenvalue weighted by Gasteiger charge is -2.35. The maximum Gasteiger partial charge on any atom is 0.471 e. The van der Waals surface area contributed by atoms with Crippen molar-refractivity contribution in [2.75, 3.05) is 13.1 Å². The first-order valence-electron chi connectivity index (χ1n) is 4.89. The molecular weight excluding hydrogens is 227 g/mol. The number of carbonyl (C=O) groups excluding carboxylic acids is 1. The molecule has 4 nitrogen and oxygen atoms in total. The Labute approximate surface area is 89.0 Å². The molecule has 3 unspecified atom stereocenters. The molecule has 1 aliphatic carbocycles. The van der Waals surface area contributed by atoms with E-state index in [1.54, 1.807) is 0 Å². The molecule has 2 rings (SSSR count). The third-order valence-corrected chi connectivity index (χ3v) is 3.41. The number of carboxylic acids is 1. The highest BCUT2D eigenvalue weighted by atomic mass is 19.4. The van der Waals surface area contributed by atoms with Crippen LogP contribution in [-0.2, 0) is 9.59 Å². The topological polar surface area (TPSA) is 57.6 Å². The van der Waals surface area contributed by atoms with Crippen molar-refractivity contribution in [1.29, 1.82) is 0 Å². The Morgan fingerprint density at radius 2 is 1.88 bits per heavy atom. The van der Waals surface area contributed by atoms with E-state index in [0.717, 1.165) is 4.90 Å². The van der Waals surface area contributed by atoms with Crippen molar-refractivity contribution in [3.8, 4) is 0 Å². The maximum atomic E-state index is 12.1. The second kappa shape index (κ2) is 3.36. The first-order chi connectivity index (χ1) is 7.30. The van der Waals surface area contributed by atoms with Crippen molar-refractivity contribution in [2.45, 2.75) is 12.6 Å². The fraction of sp³-hybridized carbons (Fsp3) is 0.778. The Morgan fingerprint density at radius 1 is 1.25 bits per heavy atom. The van der Waals surface area contributed by atoms with Crippen LogP contribution in [0.3, 0.4) is 0 Å². The van der Waals surface area contributed by atoms with Gasteiger partial charge in [0.1, 0.15) is 0 Å². The highest BCUT2D eigenvalue weighted by molar-refractivity contribution is 5.82. The number of hydrogen-bond acceptors (Lipinski definition) is 2. The molecule has 0 aromatic rings. The summed E-state index contributed by atoms with van der Waals surface area (Å²) in [6, 6.07) is 0. The summed E-state index contributed by atoms with van der Waals surface area (Å²) in [5.74, 6) is -3.80. The van der Waals surface area contributed by atoms with E-state index >= 15 is 0 Å². The molecule has 2 fully saturated rings. The second-order valence-electron chi connectivity index (χ2n) is 4.31. The number of fused-ring (bicyclic) bond motifs is 1. The minimum absolute atomic E-state index is 0.0345. The van der Waals surface area contributed by atoms with Gasteiger partial charge >= 0.3 is 18.1 Å². The van der Waals surface area contributed by atoms with Crippen molar-refractivity contribution in [3.05, 3.63) is 0 Å². The van der Waals surface area contributed by atoms with Crippen molar-refractivity contribution >= 4 is 11.9 Å². The van der Waals surface area contributed by atoms with E-state index in [9.17, 15) is 22.8 Å². The average molecular weight is 237 g/mol. The molecule has 1 aliphatic heterocycles. The van der Waals surface area contributed by atoms with E-state index in [1.807, 2.05) is 0 Å². The number of aliphatic carboxylic acids is 1. The van der Waals surface area contributed by atoms with Crippen LogP contribution in [0.4, 0.5) is 13.2 Å². The van der Waals surface area contributed by atoms with Gasteiger partial charge in [0.2, 0.25) is 0 Å². The minimum atomic E-state index is -4.86. The molecular formula is C9H10F3NO3. The molecule has 16 heavy (non-hydrogen) atoms. The third-order valence-electron chi connectivity index (χ3n) is 3.41. The maximum absolute atomic E-state index is 12.1. The number of carboxylic acid groups (broad SMARTS) is 1. The van der Waals surface area contributed by atoms with E-state index in [-0.39, 0.29) is 24.9 Å². The van der Waals surface area contributed by atoms with Crippen LogP contribution >= 0.6 is 0 Å². The largest absolute Gasteiger partial charge is 0.481 e. The number of carbonyl (C=O) groups is 2. The summed E-state index contributed by atoms with van der Waals surface area (Å²) >= 11 is 0. The number of nitrogens with zero attached hydrogens (tertiary/aromatic N) is 1. The smallest absolute Gasteiger partial charge is 0.471 e. The summed E-state index contributed by atoms with van der Waals surface area (Å²) < 4.78 is 36.4. The predicted octanol–water partition coefficient (Wildman–Crippen LogP) is 0.728. The zero-order valence-electron chi connectivity index (χ0n) is 8.20. The molecule has 0 spiro atoms. The van der Waals surface area contributed by atoms with Gasteiger partial charge in [-0.15, -0.1) is 0 Å². The molecule has 7 heteroatoms. The molecule has 0 radical (unpaired) electrons. The zero-order valence-corrected chi connectivity index (χ0v) is 8.20. The molecule has 1 amide bonds. The van der Waals surface area contributed by atoms with Crippen LogP contribution in [-0.4, -0.2) is 41.1 Å². The molecule has 1 heterocycles. The van der Waals surface area contributed by atoms with Crippen LogP contribution in [0.25, 0.3) is 0 Å². The number of rotatable bonds is 1. The lowest BCUT2D eigenvalue weighted by atomic mass is 9.67. The van der Waals surface area contributed by atoms with Gasteiger partial charge in [0.15, 0.2) is 0 Å². The van der Waals surface area contributed by atoms with E-state index in [0.29, 0.717) is 6.42 Å². The Kier molecular flexibility index (Phi) is 2.36. The Bertz CT molecular complexity index is 341. The quantitative estimate of drug-likeness (QED) is 0.731. The Hall–Kier alpha value is -1.27. The first kappa shape index (κ1) is 11.2. The molecule has 0 aromatic heterocycles. The van der Waals surface area contributed by atoms with E-state index in [4.69, 9.17) is 5.11 Å². The van der Waals surface area contributed by atoms with Crippen molar-refractivity contribution in [3.63, 3.8) is 0 Å². The fourth-order valence-corrected chi connectivity index (χ4v) is 2.54. The van der Waals surface area contributed by atoms with Crippen molar-refractivity contribution < 1.29 is 27.9 Å². The Morgan fingerprint density at radius 3 is 2.38 bits per heavy atom. The highest BCUT2D eigenvalue weighted by Crippen LogP contribution is 2.46. The standard InChI is InChI=1S/C9H10F3NO3/c10-9(11,12)8(16)13-2-4-1-5(7(14)15)6(4)3-13/h4-6H,1-3H2,(H,14,15). The molecule has 90 valence electrons. The monoisotopic (exact) mass is 237 g/mol. The van der Waals surface area contributed by atoms with Gasteiger partial charge in [-0.25, -0.2) is 0 Å². The zero-order chi connectivity index (χ0) is 12.1. The normalized spacial score (nSPS) is 33.2. The lowest BCUT2D eigenvalue weighted by Crippen LogP contribution is -2.41. The average Bonchev–Trinajstić information content (AvgIpc) is 2.41. The van der Waals surface area contributed by atoms with Gasteiger partial charge < -0.3 is 10.0 Å². The lowest BCUT2D eigenvalue weighted by molar-refractivity contribution is -0.184. The Balaban J connectivity index is 2.00. The molecule has 1 saturated heterocycles. The molecule has 0 aromatic carbocycles. The van der Waals surface area contributed by atoms with E-state index in [2.05, 4.69) is 0 Å². The second-order valence-corrected chi connectivity index (χ2v) is 4.31. The summed E-state index contributed by atoms with van der Waals surface area (Å²) in [5, 5.41) is 8.74. The molecule has 2 aliphatic rings. The number of amides is 1. The molecule has 3 atom stereocenters. The summed E-state index contributed by atoms with van der Waals surface area (Å²) in [4.78, 5) is 22.3. The summed E-state index contributed by atoms with van der Waals surface area (Å²) in [7, 11) is 0. The SMILES string of the molecule is O=C(O)C1CC2CN(C(=O)C(F)(F)F)CC21. The molecule has 1 N–H and O–H groups in total. The fourth-order valence-electron chi connectivity index (χ4n) is 2.54. The van der Waals surface area contributed by atoms with Crippen LogP contribution in [0.5, 0.6) is 0 Å². The number of likely N-dealkylation sites (tertiary alicyclic amines) is 1. The number of halogens is 3. The van der Waals surface area contributed by atoms with Gasteiger partial charge in [-0.3, -0.25) is 9.59 Å². The van der Waals surface area contributed by atoms with Crippen LogP contribution in [0.1, 0.15) is 6.42 Å². The molecule has 0 bridgehead atoms. The van der Waals surface area contributed by atoms with Crippen LogP contribution in [0.15, 0.2) is 0 Å². The van der Waals surface area contributed by atoms with Gasteiger partial charge in [0.25, 0.3) is 0 Å². The summed E-state index contributed by atoms with van der Waals surface area (Å²) in [6.45, 7) is -0.0488. The first-order valence-corrected chi connectivity index (χ1v) is 4.89. The number of alkyl halides is 3. The van der Waals surface area contributed by atoms with Gasteiger partial charge in [0.05, 0.1) is 5.92 Å². The van der Waals surface area contributed by atoms with Crippen LogP contribution in [0, 0.1) is 17.8 Å². The summed E-state index contributed by atoms with van der Waals surface area (Å²) in [5.41, 5.74) is 0. The van der Waals surface area contributed by atoms with Crippen molar-refractivity contribution in [2.24, 2.45) is 17.8 Å². The summed E-state index contributed by atoms with van der Waals surface area (Å²) in [6.07, 6.45) is -4.48. The predicted molar refractivity (Wildman–Crippen MR) is 45.4 cm³/mol. The minimum Gasteiger partial charge on any atom is -0.481 e. The van der Waals surface area contributed by atoms with Gasteiger partial charge in [-0.05, 0) is 18.3 Å². The number of hydrogen-bond donors (Lipinski definition) is 1. The van der Waals surface area contributed by atoms with Gasteiger partial charge in [0, 0.05) is 13.1 Å². The highest BCUT2D eigenvalue weighted by Gasteiger charge is 2.54. The van der Waals surface area contributed by atoms with Crippen LogP contribution in [0.2, 0.25) is 0 Å². The van der Waals surface area contributed by atoms with Gasteiger partial charge in [-0.2, -0.15) is 13.2 Å². The third kappa shape index (κ3) is 1.64. The van der Waals surface area contributed by atoms with Crippen molar-refractivity contribution in [1.82, 2.24) is 4.90 Å². The molecule has 1 saturated carbocycles. The van der Waals surface area contributed by atoms with E-state index < -0.39 is 24.0 Å². The van der Waals surface area contributed by atoms with Crippen LogP contribution < -0.4 is 0 Å². The van der Waals surface area contributed by atoms with E-state index in [1.165, 1.54) is 0 Å². The van der Waals surface area contributed by atoms with Gasteiger partial charge in [-0.1, -0.05) is 0 Å².